The minimum Gasteiger partial charge on any atom is -0.444 e. The molecule has 1 N–H and O–H groups in total. The van der Waals surface area contributed by atoms with Crippen LogP contribution in [0.4, 0.5) is 4.79 Å². The number of amides is 1. The Balaban J connectivity index is 1.75. The topological polar surface area (TPSA) is 79.0 Å². The van der Waals surface area contributed by atoms with Crippen LogP contribution in [-0.4, -0.2) is 75.4 Å². The average molecular weight is 404 g/mol. The van der Waals surface area contributed by atoms with E-state index in [9.17, 15) is 13.2 Å². The Morgan fingerprint density at radius 2 is 1.78 bits per heavy atom. The molecule has 27 heavy (non-hydrogen) atoms. The third kappa shape index (κ3) is 7.58. The maximum Gasteiger partial charge on any atom is 0.410 e. The number of carbonyl (C=O) groups excluding carboxylic acids is 1. The number of hydrogen-bond acceptors (Lipinski definition) is 5. The van der Waals surface area contributed by atoms with E-state index in [-0.39, 0.29) is 11.8 Å². The van der Waals surface area contributed by atoms with Crippen molar-refractivity contribution in [1.29, 1.82) is 0 Å². The molecule has 0 spiro atoms. The van der Waals surface area contributed by atoms with Gasteiger partial charge in [0.05, 0.1) is 5.75 Å². The summed E-state index contributed by atoms with van der Waals surface area (Å²) in [6, 6.07) is 0. The molecule has 7 nitrogen and oxygen atoms in total. The highest BCUT2D eigenvalue weighted by molar-refractivity contribution is 7.89. The van der Waals surface area contributed by atoms with Gasteiger partial charge in [0, 0.05) is 19.6 Å². The Morgan fingerprint density at radius 1 is 1.11 bits per heavy atom. The summed E-state index contributed by atoms with van der Waals surface area (Å²) >= 11 is 0. The van der Waals surface area contributed by atoms with Gasteiger partial charge in [-0.05, 0) is 84.8 Å². The quantitative estimate of drug-likeness (QED) is 0.736. The number of ether oxygens (including phenoxy) is 1. The molecule has 158 valence electrons. The summed E-state index contributed by atoms with van der Waals surface area (Å²) in [7, 11) is -1.64. The first-order valence-electron chi connectivity index (χ1n) is 10.2. The summed E-state index contributed by atoms with van der Waals surface area (Å²) in [5, 5.41) is 0. The number of hydrogen-bond donors (Lipinski definition) is 1. The van der Waals surface area contributed by atoms with Crippen LogP contribution in [-0.2, 0) is 14.8 Å². The third-order valence-electron chi connectivity index (χ3n) is 5.60. The molecule has 0 aromatic carbocycles. The number of nitrogens with one attached hydrogen (secondary N) is 1. The Morgan fingerprint density at radius 3 is 2.37 bits per heavy atom. The normalized spacial score (nSPS) is 23.4. The van der Waals surface area contributed by atoms with E-state index in [2.05, 4.69) is 9.62 Å². The highest BCUT2D eigenvalue weighted by atomic mass is 32.2. The van der Waals surface area contributed by atoms with Crippen LogP contribution >= 0.6 is 0 Å². The number of likely N-dealkylation sites (tertiary alicyclic amines) is 2. The van der Waals surface area contributed by atoms with Crippen LogP contribution in [0.25, 0.3) is 0 Å². The van der Waals surface area contributed by atoms with E-state index in [1.807, 2.05) is 25.7 Å². The van der Waals surface area contributed by atoms with E-state index in [1.54, 1.807) is 0 Å². The number of nitrogens with zero attached hydrogens (tertiary/aromatic N) is 2. The Kier molecular flexibility index (Phi) is 7.94. The second-order valence-electron chi connectivity index (χ2n) is 8.88. The van der Waals surface area contributed by atoms with Gasteiger partial charge in [0.2, 0.25) is 10.0 Å². The van der Waals surface area contributed by atoms with Crippen molar-refractivity contribution in [3.8, 4) is 0 Å². The molecule has 2 saturated heterocycles. The predicted molar refractivity (Wildman–Crippen MR) is 107 cm³/mol. The summed E-state index contributed by atoms with van der Waals surface area (Å²) in [5.41, 5.74) is -0.446. The van der Waals surface area contributed by atoms with Crippen LogP contribution in [0.3, 0.4) is 0 Å². The molecule has 2 heterocycles. The van der Waals surface area contributed by atoms with Gasteiger partial charge in [0.1, 0.15) is 5.60 Å². The van der Waals surface area contributed by atoms with Gasteiger partial charge in [-0.3, -0.25) is 0 Å². The van der Waals surface area contributed by atoms with Crippen LogP contribution in [0.2, 0.25) is 0 Å². The summed E-state index contributed by atoms with van der Waals surface area (Å²) in [4.78, 5) is 16.5. The lowest BCUT2D eigenvalue weighted by Gasteiger charge is -2.41. The summed E-state index contributed by atoms with van der Waals surface area (Å²) < 4.78 is 31.0. The zero-order chi connectivity index (χ0) is 20.1. The number of sulfonamides is 1. The lowest BCUT2D eigenvalue weighted by atomic mass is 9.79. The maximum absolute atomic E-state index is 12.2. The van der Waals surface area contributed by atoms with Crippen molar-refractivity contribution in [2.45, 2.75) is 58.5 Å². The second kappa shape index (κ2) is 9.56. The van der Waals surface area contributed by atoms with E-state index >= 15 is 0 Å². The zero-order valence-corrected chi connectivity index (χ0v) is 18.2. The van der Waals surface area contributed by atoms with E-state index in [0.29, 0.717) is 18.3 Å². The number of piperidine rings is 2. The van der Waals surface area contributed by atoms with E-state index in [0.717, 1.165) is 45.6 Å². The smallest absolute Gasteiger partial charge is 0.410 e. The zero-order valence-electron chi connectivity index (χ0n) is 17.4. The fourth-order valence-corrected chi connectivity index (χ4v) is 4.85. The molecule has 2 fully saturated rings. The highest BCUT2D eigenvalue weighted by Gasteiger charge is 2.32. The first-order chi connectivity index (χ1) is 12.6. The number of rotatable bonds is 6. The Labute approximate surface area is 164 Å². The molecule has 8 heteroatoms. The fraction of sp³-hybridized carbons (Fsp3) is 0.947. The first kappa shape index (κ1) is 22.4. The summed E-state index contributed by atoms with van der Waals surface area (Å²) in [5.74, 6) is 1.49. The van der Waals surface area contributed by atoms with Gasteiger partial charge in [-0.25, -0.2) is 17.9 Å². The standard InChI is InChI=1S/C19H37N3O4S/c1-19(2,3)26-18(23)22-12-8-16(9-13-22)17-7-5-10-21(15-17)11-6-14-27(24,25)20-4/h16-17,20H,5-15H2,1-4H3/t17-/m0/s1. The lowest BCUT2D eigenvalue weighted by Crippen LogP contribution is -2.45. The van der Waals surface area contributed by atoms with Crippen LogP contribution in [0.15, 0.2) is 0 Å². The van der Waals surface area contributed by atoms with Crippen LogP contribution in [0.1, 0.15) is 52.9 Å². The van der Waals surface area contributed by atoms with Crippen molar-refractivity contribution >= 4 is 16.1 Å². The SMILES string of the molecule is CNS(=O)(=O)CCCN1CCC[C@H](C2CCN(C(=O)OC(C)(C)C)CC2)C1. The Bertz CT molecular complexity index is 580. The molecule has 0 aromatic rings. The fourth-order valence-electron chi connectivity index (χ4n) is 4.14. The maximum atomic E-state index is 12.2. The van der Waals surface area contributed by atoms with Crippen molar-refractivity contribution in [3.05, 3.63) is 0 Å². The highest BCUT2D eigenvalue weighted by Crippen LogP contribution is 2.32. The van der Waals surface area contributed by atoms with Crippen molar-refractivity contribution in [1.82, 2.24) is 14.5 Å². The molecule has 0 unspecified atom stereocenters. The van der Waals surface area contributed by atoms with Crippen LogP contribution in [0.5, 0.6) is 0 Å². The molecular weight excluding hydrogens is 366 g/mol. The minimum absolute atomic E-state index is 0.193. The third-order valence-corrected chi connectivity index (χ3v) is 7.05. The van der Waals surface area contributed by atoms with Gasteiger partial charge < -0.3 is 14.5 Å². The predicted octanol–water partition coefficient (Wildman–Crippen LogP) is 2.28. The lowest BCUT2D eigenvalue weighted by molar-refractivity contribution is 0.0129. The molecule has 2 aliphatic heterocycles. The van der Waals surface area contributed by atoms with E-state index in [4.69, 9.17) is 4.74 Å². The molecule has 0 radical (unpaired) electrons. The van der Waals surface area contributed by atoms with Gasteiger partial charge in [-0.1, -0.05) is 0 Å². The molecule has 0 bridgehead atoms. The van der Waals surface area contributed by atoms with E-state index in [1.165, 1.54) is 19.9 Å². The minimum atomic E-state index is -3.11. The first-order valence-corrected chi connectivity index (χ1v) is 11.9. The molecule has 1 atom stereocenters. The van der Waals surface area contributed by atoms with Crippen molar-refractivity contribution in [2.24, 2.45) is 11.8 Å². The number of carbonyl (C=O) groups is 1. The van der Waals surface area contributed by atoms with Gasteiger partial charge in [-0.15, -0.1) is 0 Å². The molecule has 0 aliphatic carbocycles. The van der Waals surface area contributed by atoms with Crippen LogP contribution < -0.4 is 4.72 Å². The van der Waals surface area contributed by atoms with Crippen molar-refractivity contribution in [2.75, 3.05) is 45.5 Å². The average Bonchev–Trinajstić information content (AvgIpc) is 2.60. The van der Waals surface area contributed by atoms with Gasteiger partial charge in [0.25, 0.3) is 0 Å². The molecule has 2 rings (SSSR count). The van der Waals surface area contributed by atoms with Gasteiger partial charge in [0.15, 0.2) is 0 Å². The van der Waals surface area contributed by atoms with Crippen molar-refractivity contribution in [3.63, 3.8) is 0 Å². The molecule has 1 amide bonds. The van der Waals surface area contributed by atoms with Crippen molar-refractivity contribution < 1.29 is 17.9 Å². The monoisotopic (exact) mass is 403 g/mol. The summed E-state index contributed by atoms with van der Waals surface area (Å²) in [6.07, 6.45) is 4.96. The molecule has 2 aliphatic rings. The largest absolute Gasteiger partial charge is 0.444 e. The molecule has 0 aromatic heterocycles. The second-order valence-corrected chi connectivity index (χ2v) is 10.9. The Hall–Kier alpha value is -0.860. The van der Waals surface area contributed by atoms with E-state index < -0.39 is 15.6 Å². The summed E-state index contributed by atoms with van der Waals surface area (Å²) in [6.45, 7) is 10.2. The van der Waals surface area contributed by atoms with Crippen LogP contribution in [0, 0.1) is 11.8 Å². The molecular formula is C19H37N3O4S. The van der Waals surface area contributed by atoms with Gasteiger partial charge >= 0.3 is 6.09 Å². The molecule has 0 saturated carbocycles. The van der Waals surface area contributed by atoms with Gasteiger partial charge in [-0.2, -0.15) is 0 Å².